The largest absolute Gasteiger partial charge is 0.492 e. The maximum absolute atomic E-state index is 12.5. The van der Waals surface area contributed by atoms with Crippen LogP contribution in [0.4, 0.5) is 5.69 Å². The molecule has 1 heterocycles. The zero-order chi connectivity index (χ0) is 19.2. The molecule has 5 nitrogen and oxygen atoms in total. The van der Waals surface area contributed by atoms with Crippen LogP contribution in [0.3, 0.4) is 0 Å². The van der Waals surface area contributed by atoms with Gasteiger partial charge in [0.1, 0.15) is 23.9 Å². The molecule has 0 saturated carbocycles. The van der Waals surface area contributed by atoms with E-state index in [4.69, 9.17) is 9.47 Å². The van der Waals surface area contributed by atoms with Crippen LogP contribution < -0.4 is 14.8 Å². The number of rotatable bonds is 5. The zero-order valence-corrected chi connectivity index (χ0v) is 15.5. The Balaban J connectivity index is 1.37. The molecule has 0 radical (unpaired) electrons. The summed E-state index contributed by atoms with van der Waals surface area (Å²) < 4.78 is 11.6. The number of fused-ring (bicyclic) bond motifs is 1. The summed E-state index contributed by atoms with van der Waals surface area (Å²) in [6, 6.07) is 24.9. The number of para-hydroxylation sites is 2. The highest BCUT2D eigenvalue weighted by Crippen LogP contribution is 2.24. The molecule has 1 aliphatic rings. The first kappa shape index (κ1) is 18.1. The molecule has 3 aromatic rings. The van der Waals surface area contributed by atoms with E-state index in [1.54, 1.807) is 0 Å². The third-order valence-electron chi connectivity index (χ3n) is 4.50. The van der Waals surface area contributed by atoms with Crippen LogP contribution in [-0.2, 0) is 11.3 Å². The van der Waals surface area contributed by atoms with Crippen molar-refractivity contribution < 1.29 is 14.3 Å². The standard InChI is InChI=1S/C23H22N2O3/c26-23(17-25-13-14-27-22-12-5-4-7-18(22)16-25)24-19-8-6-11-21(15-19)28-20-9-2-1-3-10-20/h1-12,15H,13-14,16-17H2,(H,24,26). The van der Waals surface area contributed by atoms with Crippen molar-refractivity contribution in [3.05, 3.63) is 84.4 Å². The SMILES string of the molecule is O=C(CN1CCOc2ccccc2C1)Nc1cccc(Oc2ccccc2)c1. The smallest absolute Gasteiger partial charge is 0.238 e. The van der Waals surface area contributed by atoms with E-state index in [1.165, 1.54) is 0 Å². The average Bonchev–Trinajstić information content (AvgIpc) is 2.90. The molecule has 0 fully saturated rings. The monoisotopic (exact) mass is 374 g/mol. The van der Waals surface area contributed by atoms with Gasteiger partial charge in [0.05, 0.1) is 6.54 Å². The first-order valence-electron chi connectivity index (χ1n) is 9.32. The second-order valence-corrected chi connectivity index (χ2v) is 6.66. The summed E-state index contributed by atoms with van der Waals surface area (Å²) in [5, 5.41) is 2.96. The van der Waals surface area contributed by atoms with Gasteiger partial charge in [-0.25, -0.2) is 0 Å². The third kappa shape index (κ3) is 4.69. The Kier molecular flexibility index (Phi) is 5.54. The van der Waals surface area contributed by atoms with Crippen molar-refractivity contribution in [2.75, 3.05) is 25.0 Å². The molecule has 0 atom stereocenters. The lowest BCUT2D eigenvalue weighted by molar-refractivity contribution is -0.117. The number of carbonyl (C=O) groups excluding carboxylic acids is 1. The van der Waals surface area contributed by atoms with Crippen LogP contribution in [0.2, 0.25) is 0 Å². The molecule has 1 N–H and O–H groups in total. The minimum atomic E-state index is -0.0590. The summed E-state index contributed by atoms with van der Waals surface area (Å²) in [5.74, 6) is 2.28. The van der Waals surface area contributed by atoms with Crippen LogP contribution in [0.15, 0.2) is 78.9 Å². The van der Waals surface area contributed by atoms with Gasteiger partial charge in [-0.3, -0.25) is 9.69 Å². The van der Waals surface area contributed by atoms with E-state index in [9.17, 15) is 4.79 Å². The summed E-state index contributed by atoms with van der Waals surface area (Å²) in [6.07, 6.45) is 0. The number of nitrogens with zero attached hydrogens (tertiary/aromatic N) is 1. The Morgan fingerprint density at radius 1 is 0.964 bits per heavy atom. The van der Waals surface area contributed by atoms with Crippen LogP contribution in [-0.4, -0.2) is 30.5 Å². The van der Waals surface area contributed by atoms with E-state index in [-0.39, 0.29) is 5.91 Å². The van der Waals surface area contributed by atoms with Gasteiger partial charge in [-0.15, -0.1) is 0 Å². The molecule has 5 heteroatoms. The molecule has 0 aromatic heterocycles. The van der Waals surface area contributed by atoms with Gasteiger partial charge in [-0.1, -0.05) is 42.5 Å². The van der Waals surface area contributed by atoms with Gasteiger partial charge in [0.2, 0.25) is 5.91 Å². The number of benzene rings is 3. The normalized spacial score (nSPS) is 13.7. The van der Waals surface area contributed by atoms with Crippen molar-refractivity contribution in [2.45, 2.75) is 6.54 Å². The van der Waals surface area contributed by atoms with Gasteiger partial charge >= 0.3 is 0 Å². The van der Waals surface area contributed by atoms with Crippen molar-refractivity contribution in [1.82, 2.24) is 4.90 Å². The third-order valence-corrected chi connectivity index (χ3v) is 4.50. The van der Waals surface area contributed by atoms with Crippen LogP contribution in [0.1, 0.15) is 5.56 Å². The number of ether oxygens (including phenoxy) is 2. The van der Waals surface area contributed by atoms with E-state index in [1.807, 2.05) is 78.9 Å². The number of carbonyl (C=O) groups is 1. The minimum absolute atomic E-state index is 0.0590. The number of anilines is 1. The molecule has 0 spiro atoms. The number of nitrogens with one attached hydrogen (secondary N) is 1. The lowest BCUT2D eigenvalue weighted by atomic mass is 10.2. The highest BCUT2D eigenvalue weighted by atomic mass is 16.5. The Morgan fingerprint density at radius 3 is 2.64 bits per heavy atom. The van der Waals surface area contributed by atoms with E-state index in [0.717, 1.165) is 17.1 Å². The number of hydrogen-bond donors (Lipinski definition) is 1. The van der Waals surface area contributed by atoms with Gasteiger partial charge in [0, 0.05) is 30.4 Å². The molecular weight excluding hydrogens is 352 g/mol. The molecule has 1 aliphatic heterocycles. The molecule has 0 unspecified atom stereocenters. The van der Waals surface area contributed by atoms with Crippen molar-refractivity contribution in [3.8, 4) is 17.2 Å². The first-order chi connectivity index (χ1) is 13.8. The van der Waals surface area contributed by atoms with Gasteiger partial charge in [0.15, 0.2) is 0 Å². The molecular formula is C23H22N2O3. The minimum Gasteiger partial charge on any atom is -0.492 e. The highest BCUT2D eigenvalue weighted by molar-refractivity contribution is 5.92. The van der Waals surface area contributed by atoms with Gasteiger partial charge in [-0.2, -0.15) is 0 Å². The molecule has 142 valence electrons. The predicted octanol–water partition coefficient (Wildman–Crippen LogP) is 4.31. The molecule has 4 rings (SSSR count). The Labute approximate surface area is 164 Å². The molecule has 0 aliphatic carbocycles. The molecule has 0 saturated heterocycles. The Bertz CT molecular complexity index is 943. The molecule has 28 heavy (non-hydrogen) atoms. The van der Waals surface area contributed by atoms with Crippen molar-refractivity contribution >= 4 is 11.6 Å². The first-order valence-corrected chi connectivity index (χ1v) is 9.32. The van der Waals surface area contributed by atoms with Crippen molar-refractivity contribution in [2.24, 2.45) is 0 Å². The fourth-order valence-electron chi connectivity index (χ4n) is 3.18. The quantitative estimate of drug-likeness (QED) is 0.723. The fourth-order valence-corrected chi connectivity index (χ4v) is 3.18. The van der Waals surface area contributed by atoms with Crippen molar-refractivity contribution in [1.29, 1.82) is 0 Å². The number of hydrogen-bond acceptors (Lipinski definition) is 4. The van der Waals surface area contributed by atoms with Crippen LogP contribution in [0.25, 0.3) is 0 Å². The van der Waals surface area contributed by atoms with Crippen LogP contribution >= 0.6 is 0 Å². The Morgan fingerprint density at radius 2 is 1.75 bits per heavy atom. The Hall–Kier alpha value is -3.31. The maximum atomic E-state index is 12.5. The summed E-state index contributed by atoms with van der Waals surface area (Å²) in [7, 11) is 0. The summed E-state index contributed by atoms with van der Waals surface area (Å²) >= 11 is 0. The maximum Gasteiger partial charge on any atom is 0.238 e. The second kappa shape index (κ2) is 8.59. The zero-order valence-electron chi connectivity index (χ0n) is 15.5. The summed E-state index contributed by atoms with van der Waals surface area (Å²) in [6.45, 7) is 2.28. The fraction of sp³-hybridized carbons (Fsp3) is 0.174. The second-order valence-electron chi connectivity index (χ2n) is 6.66. The topological polar surface area (TPSA) is 50.8 Å². The van der Waals surface area contributed by atoms with Gasteiger partial charge in [0.25, 0.3) is 0 Å². The van der Waals surface area contributed by atoms with Crippen molar-refractivity contribution in [3.63, 3.8) is 0 Å². The molecule has 1 amide bonds. The highest BCUT2D eigenvalue weighted by Gasteiger charge is 2.17. The molecule has 0 bridgehead atoms. The summed E-state index contributed by atoms with van der Waals surface area (Å²) in [4.78, 5) is 14.6. The average molecular weight is 374 g/mol. The van der Waals surface area contributed by atoms with Gasteiger partial charge < -0.3 is 14.8 Å². The summed E-state index contributed by atoms with van der Waals surface area (Å²) in [5.41, 5.74) is 1.82. The lowest BCUT2D eigenvalue weighted by Crippen LogP contribution is -2.34. The number of amides is 1. The van der Waals surface area contributed by atoms with E-state index < -0.39 is 0 Å². The molecule has 3 aromatic carbocycles. The lowest BCUT2D eigenvalue weighted by Gasteiger charge is -2.18. The van der Waals surface area contributed by atoms with E-state index in [0.29, 0.717) is 37.7 Å². The van der Waals surface area contributed by atoms with Crippen LogP contribution in [0, 0.1) is 0 Å². The van der Waals surface area contributed by atoms with Gasteiger partial charge in [-0.05, 0) is 30.3 Å². The van der Waals surface area contributed by atoms with Crippen LogP contribution in [0.5, 0.6) is 17.2 Å². The van der Waals surface area contributed by atoms with E-state index >= 15 is 0 Å². The predicted molar refractivity (Wildman–Crippen MR) is 109 cm³/mol. The van der Waals surface area contributed by atoms with E-state index in [2.05, 4.69) is 10.2 Å².